The quantitative estimate of drug-likeness (QED) is 0.800. The van der Waals surface area contributed by atoms with E-state index >= 15 is 0 Å². The van der Waals surface area contributed by atoms with Gasteiger partial charge in [0.1, 0.15) is 5.82 Å². The van der Waals surface area contributed by atoms with Gasteiger partial charge in [-0.2, -0.15) is 0 Å². The van der Waals surface area contributed by atoms with Crippen molar-refractivity contribution in [2.45, 2.75) is 51.2 Å². The molecule has 1 amide bonds. The number of hydrogen-bond donors (Lipinski definition) is 2. The van der Waals surface area contributed by atoms with Crippen molar-refractivity contribution in [2.24, 2.45) is 0 Å². The summed E-state index contributed by atoms with van der Waals surface area (Å²) in [7, 11) is 0. The Morgan fingerprint density at radius 3 is 3.17 bits per heavy atom. The Kier molecular flexibility index (Phi) is 3.03. The summed E-state index contributed by atoms with van der Waals surface area (Å²) in [5, 5.41) is 14.6. The third kappa shape index (κ3) is 2.01. The van der Waals surface area contributed by atoms with Crippen LogP contribution < -0.4 is 10.6 Å². The Labute approximate surface area is 106 Å². The Balaban J connectivity index is 1.67. The summed E-state index contributed by atoms with van der Waals surface area (Å²) in [6, 6.07) is -0.104. The first-order valence-corrected chi connectivity index (χ1v) is 6.71. The van der Waals surface area contributed by atoms with E-state index in [1.807, 2.05) is 6.92 Å². The normalized spacial score (nSPS) is 23.9. The number of aromatic nitrogens is 3. The van der Waals surface area contributed by atoms with Gasteiger partial charge in [0.2, 0.25) is 5.91 Å². The van der Waals surface area contributed by atoms with E-state index in [1.54, 1.807) is 0 Å². The van der Waals surface area contributed by atoms with Crippen LogP contribution in [0.5, 0.6) is 0 Å². The van der Waals surface area contributed by atoms with Crippen molar-refractivity contribution in [3.8, 4) is 0 Å². The van der Waals surface area contributed by atoms with Gasteiger partial charge in [0.25, 0.3) is 0 Å². The predicted molar refractivity (Wildman–Crippen MR) is 65.9 cm³/mol. The summed E-state index contributed by atoms with van der Waals surface area (Å²) >= 11 is 0. The highest BCUT2D eigenvalue weighted by Gasteiger charge is 2.26. The van der Waals surface area contributed by atoms with Crippen molar-refractivity contribution in [1.29, 1.82) is 0 Å². The second-order valence-corrected chi connectivity index (χ2v) is 5.11. The third-order valence-corrected chi connectivity index (χ3v) is 3.76. The lowest BCUT2D eigenvalue weighted by molar-refractivity contribution is -0.123. The maximum absolute atomic E-state index is 12.0. The molecule has 0 radical (unpaired) electrons. The van der Waals surface area contributed by atoms with Gasteiger partial charge in [-0.3, -0.25) is 4.79 Å². The first-order chi connectivity index (χ1) is 8.75. The molecule has 0 bridgehead atoms. The molecule has 1 fully saturated rings. The van der Waals surface area contributed by atoms with Crippen LogP contribution in [-0.2, 0) is 17.8 Å². The largest absolute Gasteiger partial charge is 0.345 e. The monoisotopic (exact) mass is 249 g/mol. The molecule has 0 spiro atoms. The number of carbonyl (C=O) groups is 1. The molecule has 2 atom stereocenters. The smallest absolute Gasteiger partial charge is 0.237 e. The number of carbonyl (C=O) groups excluding carboxylic acids is 1. The molecule has 1 unspecified atom stereocenters. The van der Waals surface area contributed by atoms with Crippen LogP contribution in [0.4, 0.5) is 0 Å². The van der Waals surface area contributed by atoms with Crippen molar-refractivity contribution in [2.75, 3.05) is 6.54 Å². The van der Waals surface area contributed by atoms with E-state index in [9.17, 15) is 4.79 Å². The fourth-order valence-corrected chi connectivity index (χ4v) is 2.78. The van der Waals surface area contributed by atoms with E-state index in [0.29, 0.717) is 0 Å². The van der Waals surface area contributed by atoms with Gasteiger partial charge >= 0.3 is 0 Å². The number of amides is 1. The standard InChI is InChI=1S/C12H19N5O/c1-8(14-12(18)9-4-2-6-13-9)11-16-15-10-5-3-7-17(10)11/h8-9,13H,2-7H2,1H3,(H,14,18)/t8?,9-/m1/s1. The molecule has 1 aromatic heterocycles. The highest BCUT2D eigenvalue weighted by molar-refractivity contribution is 5.82. The summed E-state index contributed by atoms with van der Waals surface area (Å²) in [6.45, 7) is 3.88. The van der Waals surface area contributed by atoms with Gasteiger partial charge < -0.3 is 15.2 Å². The molecular weight excluding hydrogens is 230 g/mol. The zero-order chi connectivity index (χ0) is 12.5. The van der Waals surface area contributed by atoms with Crippen LogP contribution in [0.2, 0.25) is 0 Å². The zero-order valence-electron chi connectivity index (χ0n) is 10.6. The van der Waals surface area contributed by atoms with E-state index in [0.717, 1.165) is 50.4 Å². The number of hydrogen-bond acceptors (Lipinski definition) is 4. The van der Waals surface area contributed by atoms with Crippen LogP contribution in [0.1, 0.15) is 43.9 Å². The van der Waals surface area contributed by atoms with Crippen LogP contribution in [0.3, 0.4) is 0 Å². The Bertz CT molecular complexity index is 449. The number of nitrogens with zero attached hydrogens (tertiary/aromatic N) is 3. The molecule has 2 aliphatic rings. The summed E-state index contributed by atoms with van der Waals surface area (Å²) < 4.78 is 2.13. The minimum atomic E-state index is -0.0701. The third-order valence-electron chi connectivity index (χ3n) is 3.76. The molecule has 0 aromatic carbocycles. The van der Waals surface area contributed by atoms with Crippen molar-refractivity contribution >= 4 is 5.91 Å². The molecule has 0 aliphatic carbocycles. The van der Waals surface area contributed by atoms with Gasteiger partial charge in [-0.15, -0.1) is 10.2 Å². The summed E-state index contributed by atoms with van der Waals surface area (Å²) in [5.74, 6) is 2.01. The lowest BCUT2D eigenvalue weighted by atomic mass is 10.2. The molecule has 6 heteroatoms. The summed E-state index contributed by atoms with van der Waals surface area (Å²) in [5.41, 5.74) is 0. The lowest BCUT2D eigenvalue weighted by Gasteiger charge is -2.17. The van der Waals surface area contributed by atoms with E-state index in [-0.39, 0.29) is 18.0 Å². The SMILES string of the molecule is CC(NC(=O)[C@H]1CCCN1)c1nnc2n1CCC2. The van der Waals surface area contributed by atoms with Gasteiger partial charge in [0.15, 0.2) is 5.82 Å². The van der Waals surface area contributed by atoms with E-state index in [1.165, 1.54) is 0 Å². The van der Waals surface area contributed by atoms with Crippen molar-refractivity contribution < 1.29 is 4.79 Å². The van der Waals surface area contributed by atoms with E-state index in [4.69, 9.17) is 0 Å². The second-order valence-electron chi connectivity index (χ2n) is 5.11. The van der Waals surface area contributed by atoms with Crippen LogP contribution in [0, 0.1) is 0 Å². The lowest BCUT2D eigenvalue weighted by Crippen LogP contribution is -2.41. The molecule has 1 aromatic rings. The first kappa shape index (κ1) is 11.6. The van der Waals surface area contributed by atoms with Gasteiger partial charge in [0, 0.05) is 13.0 Å². The topological polar surface area (TPSA) is 71.8 Å². The summed E-state index contributed by atoms with van der Waals surface area (Å²) in [6.07, 6.45) is 4.13. The molecule has 1 saturated heterocycles. The number of fused-ring (bicyclic) bond motifs is 1. The van der Waals surface area contributed by atoms with Gasteiger partial charge in [-0.05, 0) is 32.7 Å². The van der Waals surface area contributed by atoms with Gasteiger partial charge in [0.05, 0.1) is 12.1 Å². The Morgan fingerprint density at radius 2 is 2.39 bits per heavy atom. The molecule has 18 heavy (non-hydrogen) atoms. The first-order valence-electron chi connectivity index (χ1n) is 6.71. The maximum Gasteiger partial charge on any atom is 0.237 e. The molecule has 3 rings (SSSR count). The molecule has 6 nitrogen and oxygen atoms in total. The molecule has 0 saturated carbocycles. The highest BCUT2D eigenvalue weighted by atomic mass is 16.2. The van der Waals surface area contributed by atoms with Crippen molar-refractivity contribution in [1.82, 2.24) is 25.4 Å². The molecule has 3 heterocycles. The minimum absolute atomic E-state index is 0.0339. The number of rotatable bonds is 3. The minimum Gasteiger partial charge on any atom is -0.345 e. The fraction of sp³-hybridized carbons (Fsp3) is 0.750. The Morgan fingerprint density at radius 1 is 1.50 bits per heavy atom. The molecule has 98 valence electrons. The molecular formula is C12H19N5O. The van der Waals surface area contributed by atoms with Crippen molar-refractivity contribution in [3.63, 3.8) is 0 Å². The molecule has 2 N–H and O–H groups in total. The zero-order valence-corrected chi connectivity index (χ0v) is 10.6. The number of aryl methyl sites for hydroxylation is 1. The van der Waals surface area contributed by atoms with Crippen LogP contribution in [0.25, 0.3) is 0 Å². The van der Waals surface area contributed by atoms with Gasteiger partial charge in [-0.25, -0.2) is 0 Å². The summed E-state index contributed by atoms with van der Waals surface area (Å²) in [4.78, 5) is 12.0. The maximum atomic E-state index is 12.0. The highest BCUT2D eigenvalue weighted by Crippen LogP contribution is 2.19. The molecule has 2 aliphatic heterocycles. The van der Waals surface area contributed by atoms with E-state index in [2.05, 4.69) is 25.4 Å². The van der Waals surface area contributed by atoms with Crippen LogP contribution >= 0.6 is 0 Å². The average Bonchev–Trinajstić information content (AvgIpc) is 3.06. The second kappa shape index (κ2) is 4.68. The Hall–Kier alpha value is -1.43. The number of nitrogens with one attached hydrogen (secondary N) is 2. The average molecular weight is 249 g/mol. The van der Waals surface area contributed by atoms with Gasteiger partial charge in [-0.1, -0.05) is 0 Å². The van der Waals surface area contributed by atoms with Crippen LogP contribution in [-0.4, -0.2) is 33.3 Å². The fourth-order valence-electron chi connectivity index (χ4n) is 2.78. The van der Waals surface area contributed by atoms with E-state index < -0.39 is 0 Å². The van der Waals surface area contributed by atoms with Crippen molar-refractivity contribution in [3.05, 3.63) is 11.6 Å². The predicted octanol–water partition coefficient (Wildman–Crippen LogP) is 0.153. The van der Waals surface area contributed by atoms with Crippen LogP contribution in [0.15, 0.2) is 0 Å².